The van der Waals surface area contributed by atoms with Gasteiger partial charge in [-0.05, 0) is 13.3 Å². The summed E-state index contributed by atoms with van der Waals surface area (Å²) in [5.74, 6) is 0. The van der Waals surface area contributed by atoms with Crippen LogP contribution in [0.2, 0.25) is 0 Å². The van der Waals surface area contributed by atoms with Crippen molar-refractivity contribution in [3.8, 4) is 0 Å². The Bertz CT molecular complexity index is 95.6. The fraction of sp³-hybridized carbons (Fsp3) is 1.00. The van der Waals surface area contributed by atoms with Crippen molar-refractivity contribution in [2.45, 2.75) is 25.5 Å². The summed E-state index contributed by atoms with van der Waals surface area (Å²) in [5, 5.41) is 0. The van der Waals surface area contributed by atoms with E-state index in [0.29, 0.717) is 6.61 Å². The molecule has 2 N–H and O–H groups in total. The van der Waals surface area contributed by atoms with Gasteiger partial charge < -0.3 is 15.2 Å². The van der Waals surface area contributed by atoms with Crippen LogP contribution >= 0.6 is 0 Å². The zero-order valence-electron chi connectivity index (χ0n) is 6.38. The molecule has 0 saturated carbocycles. The lowest BCUT2D eigenvalue weighted by Gasteiger charge is -2.28. The monoisotopic (exact) mass is 145 g/mol. The van der Waals surface area contributed by atoms with E-state index in [9.17, 15) is 0 Å². The molecule has 3 heteroatoms. The second-order valence-electron chi connectivity index (χ2n) is 2.52. The van der Waals surface area contributed by atoms with Crippen molar-refractivity contribution < 1.29 is 9.47 Å². The normalized spacial score (nSPS) is 34.2. The van der Waals surface area contributed by atoms with Gasteiger partial charge in [-0.2, -0.15) is 0 Å². The molecule has 3 nitrogen and oxygen atoms in total. The first-order valence-electron chi connectivity index (χ1n) is 3.79. The topological polar surface area (TPSA) is 44.5 Å². The highest BCUT2D eigenvalue weighted by atomic mass is 16.5. The molecule has 0 amide bonds. The first-order valence-corrected chi connectivity index (χ1v) is 3.79. The molecule has 1 rings (SSSR count). The van der Waals surface area contributed by atoms with Crippen molar-refractivity contribution in [1.29, 1.82) is 0 Å². The molecule has 0 aromatic carbocycles. The van der Waals surface area contributed by atoms with Crippen LogP contribution in [0.15, 0.2) is 0 Å². The van der Waals surface area contributed by atoms with E-state index in [1.807, 2.05) is 6.92 Å². The molecule has 10 heavy (non-hydrogen) atoms. The molecule has 0 aromatic heterocycles. The van der Waals surface area contributed by atoms with Crippen molar-refractivity contribution in [1.82, 2.24) is 0 Å². The molecule has 1 heterocycles. The van der Waals surface area contributed by atoms with Crippen LogP contribution < -0.4 is 5.73 Å². The maximum absolute atomic E-state index is 5.76. The van der Waals surface area contributed by atoms with E-state index in [2.05, 4.69) is 0 Å². The summed E-state index contributed by atoms with van der Waals surface area (Å²) in [7, 11) is 0. The standard InChI is InChI=1S/C7H15NO2/c1-2-10-7-5-9-4-3-6(7)8/h6-7H,2-5,8H2,1H3/t6-,7-/m0/s1. The van der Waals surface area contributed by atoms with Gasteiger partial charge in [-0.3, -0.25) is 0 Å². The second kappa shape index (κ2) is 3.91. The summed E-state index contributed by atoms with van der Waals surface area (Å²) >= 11 is 0. The van der Waals surface area contributed by atoms with Gasteiger partial charge in [-0.1, -0.05) is 0 Å². The van der Waals surface area contributed by atoms with Crippen LogP contribution in [0.5, 0.6) is 0 Å². The molecular formula is C7H15NO2. The van der Waals surface area contributed by atoms with Gasteiger partial charge in [-0.25, -0.2) is 0 Å². The lowest BCUT2D eigenvalue weighted by Crippen LogP contribution is -2.44. The molecule has 0 aromatic rings. The maximum atomic E-state index is 5.76. The molecule has 2 atom stereocenters. The predicted octanol–water partition coefficient (Wildman–Crippen LogP) is 0.139. The highest BCUT2D eigenvalue weighted by Crippen LogP contribution is 2.08. The van der Waals surface area contributed by atoms with Crippen LogP contribution in [0, 0.1) is 0 Å². The maximum Gasteiger partial charge on any atom is 0.0959 e. The minimum absolute atomic E-state index is 0.124. The average Bonchev–Trinajstić information content (AvgIpc) is 1.94. The number of hydrogen-bond acceptors (Lipinski definition) is 3. The molecule has 1 aliphatic heterocycles. The first-order chi connectivity index (χ1) is 4.84. The molecule has 1 saturated heterocycles. The highest BCUT2D eigenvalue weighted by Gasteiger charge is 2.21. The zero-order chi connectivity index (χ0) is 7.40. The van der Waals surface area contributed by atoms with Crippen LogP contribution in [0.1, 0.15) is 13.3 Å². The van der Waals surface area contributed by atoms with Crippen molar-refractivity contribution in [3.05, 3.63) is 0 Å². The lowest BCUT2D eigenvalue weighted by atomic mass is 10.1. The van der Waals surface area contributed by atoms with Gasteiger partial charge in [0.1, 0.15) is 0 Å². The predicted molar refractivity (Wildman–Crippen MR) is 38.8 cm³/mol. The Labute approximate surface area is 61.5 Å². The minimum Gasteiger partial charge on any atom is -0.379 e. The SMILES string of the molecule is CCO[C@H]1COCC[C@@H]1N. The molecular weight excluding hydrogens is 130 g/mol. The zero-order valence-corrected chi connectivity index (χ0v) is 6.38. The molecule has 1 fully saturated rings. The van der Waals surface area contributed by atoms with Crippen LogP contribution in [0.4, 0.5) is 0 Å². The molecule has 0 unspecified atom stereocenters. The van der Waals surface area contributed by atoms with Gasteiger partial charge in [0.2, 0.25) is 0 Å². The summed E-state index contributed by atoms with van der Waals surface area (Å²) in [6, 6.07) is 0.175. The van der Waals surface area contributed by atoms with Crippen molar-refractivity contribution in [2.24, 2.45) is 5.73 Å². The summed E-state index contributed by atoms with van der Waals surface area (Å²) in [4.78, 5) is 0. The first kappa shape index (κ1) is 7.98. The van der Waals surface area contributed by atoms with Gasteiger partial charge in [0.15, 0.2) is 0 Å². The highest BCUT2D eigenvalue weighted by molar-refractivity contribution is 4.76. The third kappa shape index (κ3) is 1.94. The van der Waals surface area contributed by atoms with Crippen molar-refractivity contribution in [2.75, 3.05) is 19.8 Å². The van der Waals surface area contributed by atoms with Gasteiger partial charge >= 0.3 is 0 Å². The number of hydrogen-bond donors (Lipinski definition) is 1. The van der Waals surface area contributed by atoms with E-state index in [1.54, 1.807) is 0 Å². The quantitative estimate of drug-likeness (QED) is 0.601. The van der Waals surface area contributed by atoms with Crippen LogP contribution in [0.25, 0.3) is 0 Å². The molecule has 1 aliphatic rings. The van der Waals surface area contributed by atoms with Crippen molar-refractivity contribution >= 4 is 0 Å². The van der Waals surface area contributed by atoms with Crippen molar-refractivity contribution in [3.63, 3.8) is 0 Å². The fourth-order valence-corrected chi connectivity index (χ4v) is 1.11. The molecule has 0 spiro atoms. The molecule has 0 bridgehead atoms. The van der Waals surface area contributed by atoms with Gasteiger partial charge in [-0.15, -0.1) is 0 Å². The Morgan fingerprint density at radius 2 is 2.50 bits per heavy atom. The summed E-state index contributed by atoms with van der Waals surface area (Å²) in [6.45, 7) is 4.14. The van der Waals surface area contributed by atoms with E-state index < -0.39 is 0 Å². The van der Waals surface area contributed by atoms with Gasteiger partial charge in [0.25, 0.3) is 0 Å². The summed E-state index contributed by atoms with van der Waals surface area (Å²) in [6.07, 6.45) is 1.05. The van der Waals surface area contributed by atoms with Crippen LogP contribution in [0.3, 0.4) is 0 Å². The van der Waals surface area contributed by atoms with E-state index in [0.717, 1.165) is 19.6 Å². The lowest BCUT2D eigenvalue weighted by molar-refractivity contribution is -0.0571. The Hall–Kier alpha value is -0.120. The Kier molecular flexibility index (Phi) is 3.12. The number of ether oxygens (including phenoxy) is 2. The summed E-state index contributed by atoms with van der Waals surface area (Å²) in [5.41, 5.74) is 5.76. The number of rotatable bonds is 2. The Morgan fingerprint density at radius 3 is 3.10 bits per heavy atom. The largest absolute Gasteiger partial charge is 0.379 e. The number of nitrogens with two attached hydrogens (primary N) is 1. The molecule has 0 radical (unpaired) electrons. The van der Waals surface area contributed by atoms with E-state index in [4.69, 9.17) is 15.2 Å². The second-order valence-corrected chi connectivity index (χ2v) is 2.52. The van der Waals surface area contributed by atoms with Crippen LogP contribution in [-0.2, 0) is 9.47 Å². The van der Waals surface area contributed by atoms with Gasteiger partial charge in [0.05, 0.1) is 12.7 Å². The van der Waals surface area contributed by atoms with E-state index in [1.165, 1.54) is 0 Å². The van der Waals surface area contributed by atoms with Gasteiger partial charge in [0, 0.05) is 19.3 Å². The Morgan fingerprint density at radius 1 is 1.70 bits per heavy atom. The third-order valence-corrected chi connectivity index (χ3v) is 1.74. The fourth-order valence-electron chi connectivity index (χ4n) is 1.11. The summed E-state index contributed by atoms with van der Waals surface area (Å²) < 4.78 is 10.5. The average molecular weight is 145 g/mol. The third-order valence-electron chi connectivity index (χ3n) is 1.74. The Balaban J connectivity index is 2.25. The molecule has 0 aliphatic carbocycles. The minimum atomic E-state index is 0.124. The molecule has 60 valence electrons. The van der Waals surface area contributed by atoms with E-state index in [-0.39, 0.29) is 12.1 Å². The smallest absolute Gasteiger partial charge is 0.0959 e. The van der Waals surface area contributed by atoms with Crippen LogP contribution in [-0.4, -0.2) is 32.0 Å². The van der Waals surface area contributed by atoms with E-state index >= 15 is 0 Å².